The second kappa shape index (κ2) is 6.37. The lowest BCUT2D eigenvalue weighted by Crippen LogP contribution is -2.42. The number of hydrogen-bond acceptors (Lipinski definition) is 3. The van der Waals surface area contributed by atoms with E-state index in [1.165, 1.54) is 5.56 Å². The minimum atomic E-state index is -0.576. The van der Waals surface area contributed by atoms with Gasteiger partial charge in [0.2, 0.25) is 0 Å². The first-order valence-corrected chi connectivity index (χ1v) is 8.26. The molecule has 1 fully saturated rings. The Kier molecular flexibility index (Phi) is 4.51. The largest absolute Gasteiger partial charge is 0.493 e. The van der Waals surface area contributed by atoms with Crippen molar-refractivity contribution < 1.29 is 14.6 Å². The predicted molar refractivity (Wildman–Crippen MR) is 82.7 cm³/mol. The number of rotatable bonds is 4. The number of fused-ring (bicyclic) bond motifs is 1. The molecule has 21 heavy (non-hydrogen) atoms. The van der Waals surface area contributed by atoms with E-state index < -0.39 is 5.60 Å². The molecule has 0 radical (unpaired) electrons. The van der Waals surface area contributed by atoms with Crippen molar-refractivity contribution in [1.29, 1.82) is 0 Å². The van der Waals surface area contributed by atoms with Gasteiger partial charge in [-0.2, -0.15) is 0 Å². The van der Waals surface area contributed by atoms with E-state index in [1.54, 1.807) is 0 Å². The molecule has 1 aromatic carbocycles. The van der Waals surface area contributed by atoms with Gasteiger partial charge < -0.3 is 14.6 Å². The van der Waals surface area contributed by atoms with Crippen LogP contribution >= 0.6 is 0 Å². The van der Waals surface area contributed by atoms with Crippen molar-refractivity contribution in [3.8, 4) is 5.75 Å². The Labute approximate surface area is 127 Å². The molecule has 3 atom stereocenters. The standard InChI is InChI=1S/C18H26O3/c1-2-5-15-13-18(19,9-11-20-15)12-14-8-10-21-17-7-4-3-6-16(14)17/h3-4,6-7,14-15,19H,2,5,8-13H2,1H3. The maximum atomic E-state index is 11.0. The highest BCUT2D eigenvalue weighted by atomic mass is 16.5. The summed E-state index contributed by atoms with van der Waals surface area (Å²) in [7, 11) is 0. The van der Waals surface area contributed by atoms with Gasteiger partial charge in [-0.3, -0.25) is 0 Å². The Morgan fingerprint density at radius 2 is 2.14 bits per heavy atom. The first-order valence-electron chi connectivity index (χ1n) is 8.26. The molecule has 1 aromatic rings. The molecule has 2 aliphatic heterocycles. The van der Waals surface area contributed by atoms with E-state index in [-0.39, 0.29) is 6.10 Å². The van der Waals surface area contributed by atoms with Gasteiger partial charge in [-0.25, -0.2) is 0 Å². The Morgan fingerprint density at radius 3 is 3.00 bits per heavy atom. The lowest BCUT2D eigenvalue weighted by atomic mass is 9.77. The molecule has 3 unspecified atom stereocenters. The fraction of sp³-hybridized carbons (Fsp3) is 0.667. The van der Waals surface area contributed by atoms with Gasteiger partial charge in [0.05, 0.1) is 18.3 Å². The van der Waals surface area contributed by atoms with Crippen LogP contribution in [-0.4, -0.2) is 30.0 Å². The van der Waals surface area contributed by atoms with Crippen molar-refractivity contribution in [2.24, 2.45) is 0 Å². The van der Waals surface area contributed by atoms with Gasteiger partial charge in [-0.15, -0.1) is 0 Å². The van der Waals surface area contributed by atoms with Crippen LogP contribution in [-0.2, 0) is 4.74 Å². The van der Waals surface area contributed by atoms with Crippen molar-refractivity contribution >= 4 is 0 Å². The minimum absolute atomic E-state index is 0.226. The zero-order valence-corrected chi connectivity index (χ0v) is 12.9. The highest BCUT2D eigenvalue weighted by molar-refractivity contribution is 5.38. The molecule has 0 amide bonds. The van der Waals surface area contributed by atoms with Gasteiger partial charge in [0, 0.05) is 13.0 Å². The zero-order valence-electron chi connectivity index (χ0n) is 12.9. The summed E-state index contributed by atoms with van der Waals surface area (Å²) in [4.78, 5) is 0. The first-order chi connectivity index (χ1) is 10.2. The third-order valence-corrected chi connectivity index (χ3v) is 4.85. The molecule has 0 aliphatic carbocycles. The average Bonchev–Trinajstić information content (AvgIpc) is 2.48. The number of benzene rings is 1. The molecule has 2 aliphatic rings. The molecule has 0 aromatic heterocycles. The summed E-state index contributed by atoms with van der Waals surface area (Å²) in [6, 6.07) is 8.26. The van der Waals surface area contributed by atoms with Crippen LogP contribution in [0.15, 0.2) is 24.3 Å². The molecular formula is C18H26O3. The first kappa shape index (κ1) is 14.9. The topological polar surface area (TPSA) is 38.7 Å². The van der Waals surface area contributed by atoms with Crippen molar-refractivity contribution in [1.82, 2.24) is 0 Å². The second-order valence-electron chi connectivity index (χ2n) is 6.54. The van der Waals surface area contributed by atoms with Crippen molar-refractivity contribution in [3.05, 3.63) is 29.8 Å². The van der Waals surface area contributed by atoms with E-state index in [0.29, 0.717) is 12.5 Å². The van der Waals surface area contributed by atoms with Crippen LogP contribution in [0.2, 0.25) is 0 Å². The molecule has 0 saturated carbocycles. The summed E-state index contributed by atoms with van der Waals surface area (Å²) in [6.45, 7) is 3.62. The quantitative estimate of drug-likeness (QED) is 0.920. The molecule has 0 spiro atoms. The number of hydrogen-bond donors (Lipinski definition) is 1. The van der Waals surface area contributed by atoms with Crippen molar-refractivity contribution in [3.63, 3.8) is 0 Å². The summed E-state index contributed by atoms with van der Waals surface area (Å²) in [5.41, 5.74) is 0.684. The predicted octanol–water partition coefficient (Wildman–Crippen LogP) is 3.65. The van der Waals surface area contributed by atoms with E-state index in [0.717, 1.165) is 50.9 Å². The van der Waals surface area contributed by atoms with Crippen LogP contribution in [0.4, 0.5) is 0 Å². The molecule has 3 rings (SSSR count). The number of aliphatic hydroxyl groups is 1. The zero-order chi connectivity index (χ0) is 14.7. The van der Waals surface area contributed by atoms with E-state index in [9.17, 15) is 5.11 Å². The fourth-order valence-corrected chi connectivity index (χ4v) is 3.78. The number of para-hydroxylation sites is 1. The van der Waals surface area contributed by atoms with Crippen LogP contribution in [0.25, 0.3) is 0 Å². The van der Waals surface area contributed by atoms with Crippen molar-refractivity contribution in [2.45, 2.75) is 63.1 Å². The fourth-order valence-electron chi connectivity index (χ4n) is 3.78. The third-order valence-electron chi connectivity index (χ3n) is 4.85. The van der Waals surface area contributed by atoms with Crippen LogP contribution in [0.3, 0.4) is 0 Å². The highest BCUT2D eigenvalue weighted by Gasteiger charge is 2.38. The molecule has 1 N–H and O–H groups in total. The highest BCUT2D eigenvalue weighted by Crippen LogP contribution is 2.41. The van der Waals surface area contributed by atoms with Gasteiger partial charge in [0.25, 0.3) is 0 Å². The smallest absolute Gasteiger partial charge is 0.122 e. The molecule has 3 heteroatoms. The van der Waals surface area contributed by atoms with Crippen LogP contribution in [0.5, 0.6) is 5.75 Å². The molecular weight excluding hydrogens is 264 g/mol. The summed E-state index contributed by atoms with van der Waals surface area (Å²) >= 11 is 0. The monoisotopic (exact) mass is 290 g/mol. The van der Waals surface area contributed by atoms with Gasteiger partial charge in [0.1, 0.15) is 5.75 Å². The van der Waals surface area contributed by atoms with E-state index in [4.69, 9.17) is 9.47 Å². The Hall–Kier alpha value is -1.06. The Balaban J connectivity index is 1.71. The van der Waals surface area contributed by atoms with Gasteiger partial charge in [-0.05, 0) is 43.2 Å². The molecule has 0 bridgehead atoms. The molecule has 3 nitrogen and oxygen atoms in total. The normalized spacial score (nSPS) is 32.3. The minimum Gasteiger partial charge on any atom is -0.493 e. The lowest BCUT2D eigenvalue weighted by molar-refractivity contribution is -0.112. The summed E-state index contributed by atoms with van der Waals surface area (Å²) in [5, 5.41) is 11.0. The van der Waals surface area contributed by atoms with Crippen LogP contribution < -0.4 is 4.74 Å². The summed E-state index contributed by atoms with van der Waals surface area (Å²) in [6.07, 6.45) is 5.75. The summed E-state index contributed by atoms with van der Waals surface area (Å²) in [5.74, 6) is 1.40. The van der Waals surface area contributed by atoms with Gasteiger partial charge in [0.15, 0.2) is 0 Å². The summed E-state index contributed by atoms with van der Waals surface area (Å²) < 4.78 is 11.5. The van der Waals surface area contributed by atoms with Gasteiger partial charge >= 0.3 is 0 Å². The maximum absolute atomic E-state index is 11.0. The maximum Gasteiger partial charge on any atom is 0.122 e. The van der Waals surface area contributed by atoms with Crippen LogP contribution in [0, 0.1) is 0 Å². The molecule has 2 heterocycles. The SMILES string of the molecule is CCCC1CC(O)(CC2CCOc3ccccc32)CCO1. The second-order valence-corrected chi connectivity index (χ2v) is 6.54. The van der Waals surface area contributed by atoms with E-state index in [2.05, 4.69) is 19.1 Å². The molecule has 1 saturated heterocycles. The van der Waals surface area contributed by atoms with Crippen molar-refractivity contribution in [2.75, 3.05) is 13.2 Å². The van der Waals surface area contributed by atoms with Crippen LogP contribution in [0.1, 0.15) is 56.9 Å². The van der Waals surface area contributed by atoms with E-state index in [1.807, 2.05) is 12.1 Å². The Morgan fingerprint density at radius 1 is 1.29 bits per heavy atom. The average molecular weight is 290 g/mol. The van der Waals surface area contributed by atoms with Gasteiger partial charge in [-0.1, -0.05) is 31.5 Å². The number of ether oxygens (including phenoxy) is 2. The molecule has 116 valence electrons. The lowest BCUT2D eigenvalue weighted by Gasteiger charge is -2.40. The third kappa shape index (κ3) is 3.41. The Bertz CT molecular complexity index is 471. The van der Waals surface area contributed by atoms with E-state index >= 15 is 0 Å².